The van der Waals surface area contributed by atoms with Gasteiger partial charge in [0, 0.05) is 19.1 Å². The summed E-state index contributed by atoms with van der Waals surface area (Å²) in [5, 5.41) is 4.24. The van der Waals surface area contributed by atoms with Gasteiger partial charge in [0.05, 0.1) is 22.7 Å². The fraction of sp³-hybridized carbons (Fsp3) is 0.440. The Kier molecular flexibility index (Phi) is 7.07. The van der Waals surface area contributed by atoms with Crippen molar-refractivity contribution in [3.63, 3.8) is 0 Å². The minimum Gasteiger partial charge on any atom is -0.494 e. The summed E-state index contributed by atoms with van der Waals surface area (Å²) in [4.78, 5) is 20.0. The summed E-state index contributed by atoms with van der Waals surface area (Å²) in [6.45, 7) is 6.43. The summed E-state index contributed by atoms with van der Waals surface area (Å²) in [6.07, 6.45) is 3.88. The summed E-state index contributed by atoms with van der Waals surface area (Å²) >= 11 is 1.68. The van der Waals surface area contributed by atoms with Crippen LogP contribution in [0.5, 0.6) is 5.75 Å². The molecule has 0 spiro atoms. The van der Waals surface area contributed by atoms with E-state index in [2.05, 4.69) is 47.5 Å². The predicted octanol–water partition coefficient (Wildman–Crippen LogP) is 5.05. The Bertz CT molecular complexity index is 1000. The zero-order valence-electron chi connectivity index (χ0n) is 18.3. The molecule has 1 amide bonds. The standard InChI is InChI=1S/C25H31N3O2S/c1-3-30-21-13-14-22-23(16-21)31-25(27-22)28-15-7-10-20(17-28)24(29)26-18(2)11-12-19-8-5-4-6-9-19/h4-6,8-9,13-14,16,18,20H,3,7,10-12,15,17H2,1-2H3,(H,26,29)/t18-,20-/m1/s1. The predicted molar refractivity (Wildman–Crippen MR) is 128 cm³/mol. The number of nitrogens with zero attached hydrogens (tertiary/aromatic N) is 2. The number of carbonyl (C=O) groups is 1. The molecule has 2 aromatic carbocycles. The number of amides is 1. The molecule has 1 aromatic heterocycles. The van der Waals surface area contributed by atoms with Crippen molar-refractivity contribution in [2.75, 3.05) is 24.6 Å². The van der Waals surface area contributed by atoms with Gasteiger partial charge in [-0.15, -0.1) is 0 Å². The van der Waals surface area contributed by atoms with Crippen LogP contribution < -0.4 is 15.0 Å². The topological polar surface area (TPSA) is 54.5 Å². The molecule has 2 heterocycles. The smallest absolute Gasteiger partial charge is 0.225 e. The SMILES string of the molecule is CCOc1ccc2nc(N3CCC[C@@H](C(=O)N[C@H](C)CCc4ccccc4)C3)sc2c1. The van der Waals surface area contributed by atoms with Crippen LogP contribution in [0, 0.1) is 5.92 Å². The lowest BCUT2D eigenvalue weighted by Gasteiger charge is -2.32. The van der Waals surface area contributed by atoms with Gasteiger partial charge in [-0.3, -0.25) is 4.79 Å². The van der Waals surface area contributed by atoms with Crippen molar-refractivity contribution in [3.8, 4) is 5.75 Å². The fourth-order valence-electron chi connectivity index (χ4n) is 4.11. The second-order valence-electron chi connectivity index (χ2n) is 8.28. The highest BCUT2D eigenvalue weighted by atomic mass is 32.1. The van der Waals surface area contributed by atoms with Gasteiger partial charge in [-0.05, 0) is 63.3 Å². The molecule has 2 atom stereocenters. The van der Waals surface area contributed by atoms with E-state index in [0.717, 1.165) is 59.9 Å². The number of anilines is 1. The van der Waals surface area contributed by atoms with Gasteiger partial charge >= 0.3 is 0 Å². The fourth-order valence-corrected chi connectivity index (χ4v) is 5.14. The Hall–Kier alpha value is -2.60. The Morgan fingerprint density at radius 1 is 1.29 bits per heavy atom. The third-order valence-electron chi connectivity index (χ3n) is 5.82. The highest BCUT2D eigenvalue weighted by Crippen LogP contribution is 2.33. The molecule has 0 saturated carbocycles. The number of hydrogen-bond acceptors (Lipinski definition) is 5. The van der Waals surface area contributed by atoms with Crippen molar-refractivity contribution in [2.45, 2.75) is 45.6 Å². The third-order valence-corrected chi connectivity index (χ3v) is 6.90. The lowest BCUT2D eigenvalue weighted by Crippen LogP contribution is -2.45. The van der Waals surface area contributed by atoms with E-state index in [9.17, 15) is 4.79 Å². The van der Waals surface area contributed by atoms with Crippen LogP contribution in [0.3, 0.4) is 0 Å². The highest BCUT2D eigenvalue weighted by molar-refractivity contribution is 7.22. The number of thiazole rings is 1. The van der Waals surface area contributed by atoms with Crippen LogP contribution in [-0.2, 0) is 11.2 Å². The molecular weight excluding hydrogens is 406 g/mol. The number of aryl methyl sites for hydroxylation is 1. The molecule has 6 heteroatoms. The van der Waals surface area contributed by atoms with E-state index in [4.69, 9.17) is 9.72 Å². The van der Waals surface area contributed by atoms with E-state index in [1.807, 2.05) is 25.1 Å². The molecule has 1 aliphatic rings. The van der Waals surface area contributed by atoms with Crippen molar-refractivity contribution < 1.29 is 9.53 Å². The summed E-state index contributed by atoms with van der Waals surface area (Å²) in [5.74, 6) is 1.06. The first kappa shape index (κ1) is 21.6. The van der Waals surface area contributed by atoms with Crippen LogP contribution in [0.4, 0.5) is 5.13 Å². The number of fused-ring (bicyclic) bond motifs is 1. The molecule has 0 unspecified atom stereocenters. The van der Waals surface area contributed by atoms with Gasteiger partial charge in [0.25, 0.3) is 0 Å². The lowest BCUT2D eigenvalue weighted by atomic mass is 9.96. The van der Waals surface area contributed by atoms with Crippen LogP contribution in [0.15, 0.2) is 48.5 Å². The van der Waals surface area contributed by atoms with E-state index in [1.54, 1.807) is 11.3 Å². The maximum atomic E-state index is 12.9. The minimum absolute atomic E-state index is 0.0129. The number of ether oxygens (including phenoxy) is 1. The molecule has 1 saturated heterocycles. The molecule has 0 aliphatic carbocycles. The van der Waals surface area contributed by atoms with E-state index in [1.165, 1.54) is 5.56 Å². The minimum atomic E-state index is 0.0129. The largest absolute Gasteiger partial charge is 0.494 e. The number of carbonyl (C=O) groups excluding carboxylic acids is 1. The molecule has 1 aliphatic heterocycles. The Morgan fingerprint density at radius 3 is 2.94 bits per heavy atom. The summed E-state index contributed by atoms with van der Waals surface area (Å²) < 4.78 is 6.74. The number of benzene rings is 2. The number of aromatic nitrogens is 1. The normalized spacial score (nSPS) is 17.5. The van der Waals surface area contributed by atoms with Crippen molar-refractivity contribution in [2.24, 2.45) is 5.92 Å². The van der Waals surface area contributed by atoms with Gasteiger partial charge in [-0.2, -0.15) is 0 Å². The van der Waals surface area contributed by atoms with Crippen LogP contribution in [0.25, 0.3) is 10.2 Å². The monoisotopic (exact) mass is 437 g/mol. The van der Waals surface area contributed by atoms with Gasteiger partial charge in [-0.1, -0.05) is 41.7 Å². The first-order valence-electron chi connectivity index (χ1n) is 11.2. The molecule has 5 nitrogen and oxygen atoms in total. The first-order chi connectivity index (χ1) is 15.1. The molecule has 0 radical (unpaired) electrons. The quantitative estimate of drug-likeness (QED) is 0.536. The number of nitrogens with one attached hydrogen (secondary N) is 1. The summed E-state index contributed by atoms with van der Waals surface area (Å²) in [6, 6.07) is 16.7. The van der Waals surface area contributed by atoms with Gasteiger partial charge in [0.2, 0.25) is 5.91 Å². The van der Waals surface area contributed by atoms with E-state index >= 15 is 0 Å². The molecular formula is C25H31N3O2S. The Labute approximate surface area is 188 Å². The van der Waals surface area contributed by atoms with Crippen molar-refractivity contribution in [1.82, 2.24) is 10.3 Å². The summed E-state index contributed by atoms with van der Waals surface area (Å²) in [7, 11) is 0. The zero-order valence-corrected chi connectivity index (χ0v) is 19.2. The molecule has 164 valence electrons. The second-order valence-corrected chi connectivity index (χ2v) is 9.29. The van der Waals surface area contributed by atoms with Crippen molar-refractivity contribution >= 4 is 32.6 Å². The number of hydrogen-bond donors (Lipinski definition) is 1. The maximum absolute atomic E-state index is 12.9. The molecule has 1 fully saturated rings. The molecule has 1 N–H and O–H groups in total. The Balaban J connectivity index is 1.34. The van der Waals surface area contributed by atoms with Crippen molar-refractivity contribution in [3.05, 3.63) is 54.1 Å². The maximum Gasteiger partial charge on any atom is 0.225 e. The molecule has 4 rings (SSSR count). The van der Waals surface area contributed by atoms with Gasteiger partial charge < -0.3 is 15.0 Å². The van der Waals surface area contributed by atoms with E-state index in [0.29, 0.717) is 6.61 Å². The van der Waals surface area contributed by atoms with Crippen LogP contribution in [-0.4, -0.2) is 36.6 Å². The first-order valence-corrected chi connectivity index (χ1v) is 12.1. The number of piperidine rings is 1. The van der Waals surface area contributed by atoms with E-state index in [-0.39, 0.29) is 17.9 Å². The van der Waals surface area contributed by atoms with E-state index < -0.39 is 0 Å². The van der Waals surface area contributed by atoms with Crippen LogP contribution in [0.2, 0.25) is 0 Å². The Morgan fingerprint density at radius 2 is 2.13 bits per heavy atom. The average molecular weight is 438 g/mol. The third kappa shape index (κ3) is 5.56. The van der Waals surface area contributed by atoms with Crippen molar-refractivity contribution in [1.29, 1.82) is 0 Å². The van der Waals surface area contributed by atoms with Crippen LogP contribution >= 0.6 is 11.3 Å². The van der Waals surface area contributed by atoms with Gasteiger partial charge in [0.1, 0.15) is 5.75 Å². The zero-order chi connectivity index (χ0) is 21.6. The second kappa shape index (κ2) is 10.1. The molecule has 31 heavy (non-hydrogen) atoms. The lowest BCUT2D eigenvalue weighted by molar-refractivity contribution is -0.125. The average Bonchev–Trinajstić information content (AvgIpc) is 3.22. The van der Waals surface area contributed by atoms with Gasteiger partial charge in [-0.25, -0.2) is 4.98 Å². The summed E-state index contributed by atoms with van der Waals surface area (Å²) in [5.41, 5.74) is 2.31. The highest BCUT2D eigenvalue weighted by Gasteiger charge is 2.28. The van der Waals surface area contributed by atoms with Crippen LogP contribution in [0.1, 0.15) is 38.7 Å². The molecule has 3 aromatic rings. The number of rotatable bonds is 8. The van der Waals surface area contributed by atoms with Gasteiger partial charge in [0.15, 0.2) is 5.13 Å². The molecule has 0 bridgehead atoms.